The first-order valence-corrected chi connectivity index (χ1v) is 14.4. The van der Waals surface area contributed by atoms with Gasteiger partial charge in [-0.1, -0.05) is 31.2 Å². The lowest BCUT2D eigenvalue weighted by atomic mass is 9.58. The van der Waals surface area contributed by atoms with Gasteiger partial charge in [-0.3, -0.25) is 9.88 Å². The number of benzene rings is 1. The molecule has 2 bridgehead atoms. The third kappa shape index (κ3) is 2.95. The van der Waals surface area contributed by atoms with Gasteiger partial charge in [0.1, 0.15) is 0 Å². The van der Waals surface area contributed by atoms with E-state index in [1.807, 2.05) is 12.4 Å². The Morgan fingerprint density at radius 2 is 1.94 bits per heavy atom. The van der Waals surface area contributed by atoms with E-state index in [0.29, 0.717) is 17.9 Å². The van der Waals surface area contributed by atoms with Gasteiger partial charge in [0.25, 0.3) is 0 Å². The van der Waals surface area contributed by atoms with E-state index in [9.17, 15) is 0 Å². The third-order valence-corrected chi connectivity index (χ3v) is 11.3. The molecular formula is C32H38N2O2. The first-order valence-electron chi connectivity index (χ1n) is 14.4. The molecule has 8 rings (SSSR count). The van der Waals surface area contributed by atoms with Crippen LogP contribution in [-0.4, -0.2) is 53.4 Å². The lowest BCUT2D eigenvalue weighted by molar-refractivity contribution is -0.143. The average molecular weight is 483 g/mol. The van der Waals surface area contributed by atoms with Crippen LogP contribution in [-0.2, 0) is 9.47 Å². The summed E-state index contributed by atoms with van der Waals surface area (Å²) in [6.07, 6.45) is 18.9. The Morgan fingerprint density at radius 3 is 2.86 bits per heavy atom. The van der Waals surface area contributed by atoms with Gasteiger partial charge in [-0.05, 0) is 103 Å². The first-order chi connectivity index (χ1) is 17.6. The van der Waals surface area contributed by atoms with E-state index in [0.717, 1.165) is 26.3 Å². The Labute approximate surface area is 214 Å². The van der Waals surface area contributed by atoms with Crippen molar-refractivity contribution in [2.75, 3.05) is 26.3 Å². The number of hydrogen-bond acceptors (Lipinski definition) is 4. The number of ether oxygens (including phenoxy) is 2. The number of fused-ring (bicyclic) bond motifs is 2. The van der Waals surface area contributed by atoms with Crippen molar-refractivity contribution >= 4 is 10.8 Å². The average Bonchev–Trinajstić information content (AvgIpc) is 3.43. The monoisotopic (exact) mass is 482 g/mol. The zero-order chi connectivity index (χ0) is 24.0. The fourth-order valence-corrected chi connectivity index (χ4v) is 9.50. The van der Waals surface area contributed by atoms with E-state index < -0.39 is 0 Å². The summed E-state index contributed by atoms with van der Waals surface area (Å²) in [5.41, 5.74) is 4.78. The van der Waals surface area contributed by atoms with E-state index in [-0.39, 0.29) is 16.6 Å². The van der Waals surface area contributed by atoms with E-state index in [1.165, 1.54) is 73.3 Å². The highest BCUT2D eigenvalue weighted by atomic mass is 16.5. The van der Waals surface area contributed by atoms with E-state index in [1.54, 1.807) is 5.57 Å². The molecule has 36 heavy (non-hydrogen) atoms. The Hall–Kier alpha value is -2.01. The summed E-state index contributed by atoms with van der Waals surface area (Å²) in [4.78, 5) is 7.09. The quantitative estimate of drug-likeness (QED) is 0.512. The molecule has 188 valence electrons. The molecule has 4 fully saturated rings. The molecule has 4 heteroatoms. The number of pyridine rings is 1. The van der Waals surface area contributed by atoms with E-state index >= 15 is 0 Å². The predicted octanol–water partition coefficient (Wildman–Crippen LogP) is 6.18. The number of nitrogens with zero attached hydrogens (tertiary/aromatic N) is 2. The maximum atomic E-state index is 7.53. The minimum atomic E-state index is -0.0729. The maximum Gasteiger partial charge on any atom is 0.0974 e. The molecule has 1 unspecified atom stereocenters. The van der Waals surface area contributed by atoms with Crippen LogP contribution in [0.15, 0.2) is 60.0 Å². The summed E-state index contributed by atoms with van der Waals surface area (Å²) >= 11 is 0. The molecule has 2 spiro atoms. The van der Waals surface area contributed by atoms with Crippen molar-refractivity contribution in [2.45, 2.75) is 81.5 Å². The van der Waals surface area contributed by atoms with Crippen molar-refractivity contribution in [3.8, 4) is 0 Å². The Balaban J connectivity index is 1.13. The molecule has 2 saturated heterocycles. The van der Waals surface area contributed by atoms with Crippen LogP contribution in [0.2, 0.25) is 0 Å². The molecule has 6 atom stereocenters. The van der Waals surface area contributed by atoms with Crippen molar-refractivity contribution in [3.63, 3.8) is 0 Å². The molecule has 6 aliphatic rings. The van der Waals surface area contributed by atoms with Gasteiger partial charge in [-0.25, -0.2) is 0 Å². The molecule has 2 aromatic rings. The van der Waals surface area contributed by atoms with Crippen LogP contribution in [0.4, 0.5) is 0 Å². The highest BCUT2D eigenvalue weighted by molar-refractivity contribution is 5.82. The van der Waals surface area contributed by atoms with Crippen molar-refractivity contribution in [2.24, 2.45) is 11.3 Å². The summed E-state index contributed by atoms with van der Waals surface area (Å²) < 4.78 is 13.2. The summed E-state index contributed by atoms with van der Waals surface area (Å²) in [6.45, 7) is 6.52. The molecule has 1 aromatic heterocycles. The normalized spacial score (nSPS) is 41.9. The van der Waals surface area contributed by atoms with Crippen LogP contribution >= 0.6 is 0 Å². The predicted molar refractivity (Wildman–Crippen MR) is 142 cm³/mol. The standard InChI is InChI=1S/C32H38N2O2/c1-30-10-8-26-19-25-4-5-27(34-14-16-35-17-15-34)20-31(25)11-12-32(26,36-31)29(30)7-6-28(30)23-3-2-22-9-13-33-21-24(22)18-23/h2-3,8-9,13,18-19,21,27-29H,4-7,10-12,14-17,20H2,1H3/t27-,28+,29+,30+,31+,32?/m0/s1. The summed E-state index contributed by atoms with van der Waals surface area (Å²) in [5.74, 6) is 1.18. The molecule has 0 amide bonds. The molecule has 1 aromatic carbocycles. The Morgan fingerprint density at radius 1 is 1.03 bits per heavy atom. The van der Waals surface area contributed by atoms with Gasteiger partial charge in [-0.15, -0.1) is 0 Å². The van der Waals surface area contributed by atoms with Crippen molar-refractivity contribution in [1.29, 1.82) is 0 Å². The van der Waals surface area contributed by atoms with E-state index in [2.05, 4.69) is 53.2 Å². The minimum absolute atomic E-state index is 0.0243. The lowest BCUT2D eigenvalue weighted by Crippen LogP contribution is -2.56. The fourth-order valence-electron chi connectivity index (χ4n) is 9.50. The minimum Gasteiger partial charge on any atom is -0.379 e. The van der Waals surface area contributed by atoms with Gasteiger partial charge >= 0.3 is 0 Å². The van der Waals surface area contributed by atoms with Gasteiger partial charge < -0.3 is 9.47 Å². The van der Waals surface area contributed by atoms with Crippen molar-refractivity contribution < 1.29 is 9.47 Å². The van der Waals surface area contributed by atoms with Crippen LogP contribution in [0.3, 0.4) is 0 Å². The fraction of sp³-hybridized carbons (Fsp3) is 0.594. The zero-order valence-corrected chi connectivity index (χ0v) is 21.5. The van der Waals surface area contributed by atoms with Gasteiger partial charge in [0.05, 0.1) is 24.4 Å². The van der Waals surface area contributed by atoms with Crippen LogP contribution in [0.25, 0.3) is 10.8 Å². The highest BCUT2D eigenvalue weighted by Crippen LogP contribution is 2.69. The second kappa shape index (κ2) is 7.75. The number of allylic oxidation sites excluding steroid dienone is 1. The Bertz CT molecular complexity index is 1280. The molecule has 0 radical (unpaired) electrons. The second-order valence-electron chi connectivity index (χ2n) is 12.7. The van der Waals surface area contributed by atoms with Crippen molar-refractivity contribution in [3.05, 3.63) is 65.5 Å². The van der Waals surface area contributed by atoms with Crippen LogP contribution in [0.5, 0.6) is 0 Å². The number of hydrogen-bond donors (Lipinski definition) is 0. The van der Waals surface area contributed by atoms with Crippen LogP contribution < -0.4 is 0 Å². The zero-order valence-electron chi connectivity index (χ0n) is 21.5. The summed E-state index contributed by atoms with van der Waals surface area (Å²) in [7, 11) is 0. The van der Waals surface area contributed by atoms with Crippen LogP contribution in [0, 0.1) is 11.3 Å². The number of rotatable bonds is 2. The molecule has 3 aliphatic heterocycles. The highest BCUT2D eigenvalue weighted by Gasteiger charge is 2.66. The van der Waals surface area contributed by atoms with Gasteiger partial charge in [0, 0.05) is 36.9 Å². The molecule has 0 N–H and O–H groups in total. The van der Waals surface area contributed by atoms with Crippen molar-refractivity contribution in [1.82, 2.24) is 9.88 Å². The SMILES string of the molecule is C[C@]12CC=C3C=C4CC[C@H](N5CCOCC5)C[C@]45CCC3(O5)[C@@H]1CC[C@@H]2c1ccc2ccncc2c1. The molecular weight excluding hydrogens is 444 g/mol. The first kappa shape index (κ1) is 22.0. The smallest absolute Gasteiger partial charge is 0.0974 e. The topological polar surface area (TPSA) is 34.6 Å². The van der Waals surface area contributed by atoms with Gasteiger partial charge in [0.15, 0.2) is 0 Å². The second-order valence-corrected chi connectivity index (χ2v) is 12.7. The maximum absolute atomic E-state index is 7.53. The van der Waals surface area contributed by atoms with E-state index in [4.69, 9.17) is 9.47 Å². The number of morpholine rings is 1. The lowest BCUT2D eigenvalue weighted by Gasteiger charge is -2.55. The number of aromatic nitrogens is 1. The summed E-state index contributed by atoms with van der Waals surface area (Å²) in [6, 6.07) is 9.88. The largest absolute Gasteiger partial charge is 0.379 e. The molecule has 2 saturated carbocycles. The Kier molecular flexibility index (Phi) is 4.74. The van der Waals surface area contributed by atoms with Gasteiger partial charge in [0.2, 0.25) is 0 Å². The molecule has 4 heterocycles. The van der Waals surface area contributed by atoms with Crippen LogP contribution in [0.1, 0.15) is 69.8 Å². The van der Waals surface area contributed by atoms with Gasteiger partial charge in [-0.2, -0.15) is 0 Å². The summed E-state index contributed by atoms with van der Waals surface area (Å²) in [5, 5.41) is 2.56. The third-order valence-electron chi connectivity index (χ3n) is 11.3. The molecule has 3 aliphatic carbocycles. The molecule has 4 nitrogen and oxygen atoms in total.